The zero-order chi connectivity index (χ0) is 21.7. The quantitative estimate of drug-likeness (QED) is 0.678. The summed E-state index contributed by atoms with van der Waals surface area (Å²) in [5, 5.41) is 10.4. The summed E-state index contributed by atoms with van der Waals surface area (Å²) < 4.78 is 35.4. The molecule has 3 N–H and O–H groups in total. The Labute approximate surface area is 172 Å². The van der Waals surface area contributed by atoms with E-state index in [0.717, 1.165) is 32.4 Å². The van der Waals surface area contributed by atoms with Crippen LogP contribution in [0.25, 0.3) is 0 Å². The van der Waals surface area contributed by atoms with Gasteiger partial charge in [-0.2, -0.15) is 8.78 Å². The molecule has 0 aliphatic carbocycles. The minimum atomic E-state index is -3.02. The van der Waals surface area contributed by atoms with Gasteiger partial charge in [-0.1, -0.05) is 18.6 Å². The smallest absolute Gasteiger partial charge is 0.387 e. The number of rotatable bonds is 8. The van der Waals surface area contributed by atoms with E-state index in [9.17, 15) is 23.5 Å². The molecular weight excluding hydrogens is 398 g/mol. The van der Waals surface area contributed by atoms with Crippen LogP contribution in [0.15, 0.2) is 39.5 Å². The highest BCUT2D eigenvalue weighted by molar-refractivity contribution is 5.75. The predicted molar refractivity (Wildman–Crippen MR) is 104 cm³/mol. The number of primary amides is 1. The van der Waals surface area contributed by atoms with Crippen molar-refractivity contribution in [3.05, 3.63) is 57.6 Å². The molecule has 1 aromatic heterocycles. The van der Waals surface area contributed by atoms with Gasteiger partial charge in [0.2, 0.25) is 17.1 Å². The Kier molecular flexibility index (Phi) is 7.04. The fraction of sp³-hybridized carbons (Fsp3) is 0.429. The molecule has 0 spiro atoms. The first-order valence-corrected chi connectivity index (χ1v) is 9.75. The number of benzene rings is 1. The van der Waals surface area contributed by atoms with E-state index in [1.807, 2.05) is 0 Å². The maximum absolute atomic E-state index is 12.6. The summed E-state index contributed by atoms with van der Waals surface area (Å²) in [5.41, 5.74) is 5.07. The number of ether oxygens (including phenoxy) is 1. The van der Waals surface area contributed by atoms with Crippen molar-refractivity contribution >= 4 is 5.91 Å². The van der Waals surface area contributed by atoms with Crippen LogP contribution in [0.2, 0.25) is 0 Å². The third-order valence-electron chi connectivity index (χ3n) is 5.04. The third kappa shape index (κ3) is 5.56. The Hall–Kier alpha value is -2.94. The predicted octanol–water partition coefficient (Wildman–Crippen LogP) is 2.94. The minimum absolute atomic E-state index is 0.122. The maximum Gasteiger partial charge on any atom is 0.387 e. The van der Waals surface area contributed by atoms with Gasteiger partial charge in [-0.05, 0) is 43.6 Å². The molecule has 0 radical (unpaired) electrons. The molecule has 0 saturated carbocycles. The highest BCUT2D eigenvalue weighted by atomic mass is 19.3. The van der Waals surface area contributed by atoms with E-state index in [2.05, 4.69) is 9.64 Å². The second kappa shape index (κ2) is 9.71. The van der Waals surface area contributed by atoms with Gasteiger partial charge in [0.25, 0.3) is 0 Å². The lowest BCUT2D eigenvalue weighted by Crippen LogP contribution is -2.29. The van der Waals surface area contributed by atoms with Crippen LogP contribution in [0, 0.1) is 0 Å². The van der Waals surface area contributed by atoms with Crippen molar-refractivity contribution in [3.63, 3.8) is 0 Å². The Morgan fingerprint density at radius 2 is 1.97 bits per heavy atom. The number of carbonyl (C=O) groups excluding carboxylic acids is 1. The number of hydrogen-bond acceptors (Lipinski definition) is 6. The second-order valence-electron chi connectivity index (χ2n) is 7.30. The van der Waals surface area contributed by atoms with Gasteiger partial charge in [-0.3, -0.25) is 14.5 Å². The number of carbonyl (C=O) groups is 1. The third-order valence-corrected chi connectivity index (χ3v) is 5.04. The monoisotopic (exact) mass is 422 g/mol. The molecule has 7 nitrogen and oxygen atoms in total. The zero-order valence-corrected chi connectivity index (χ0v) is 16.4. The Morgan fingerprint density at radius 1 is 1.23 bits per heavy atom. The van der Waals surface area contributed by atoms with E-state index in [1.54, 1.807) is 6.07 Å². The lowest BCUT2D eigenvalue weighted by atomic mass is 9.91. The number of alkyl halides is 2. The summed E-state index contributed by atoms with van der Waals surface area (Å²) in [4.78, 5) is 26.2. The molecule has 1 fully saturated rings. The summed E-state index contributed by atoms with van der Waals surface area (Å²) in [6.45, 7) is -0.885. The van der Waals surface area contributed by atoms with Crippen LogP contribution in [0.3, 0.4) is 0 Å². The standard InChI is InChI=1S/C21H24F2N2O5/c22-21(23)30-14-6-4-5-13(9-14)16(11-18(24)27)20-19(28)17(26)10-15(29-20)12-25-7-2-1-3-8-25/h4-6,9-10,16,21,28H,1-3,7-8,11-12H2,(H2,24,27)/t16-/m1/s1. The number of aromatic hydroxyl groups is 1. The van der Waals surface area contributed by atoms with Crippen LogP contribution in [-0.4, -0.2) is 35.6 Å². The number of nitrogens with two attached hydrogens (primary N) is 1. The summed E-state index contributed by atoms with van der Waals surface area (Å²) >= 11 is 0. The fourth-order valence-corrected chi connectivity index (χ4v) is 3.68. The van der Waals surface area contributed by atoms with Gasteiger partial charge in [-0.25, -0.2) is 0 Å². The average Bonchev–Trinajstić information content (AvgIpc) is 2.69. The molecule has 1 saturated heterocycles. The largest absolute Gasteiger partial charge is 0.502 e. The average molecular weight is 422 g/mol. The van der Waals surface area contributed by atoms with Crippen molar-refractivity contribution in [2.45, 2.75) is 44.8 Å². The van der Waals surface area contributed by atoms with Crippen LogP contribution >= 0.6 is 0 Å². The van der Waals surface area contributed by atoms with Crippen molar-refractivity contribution in [1.29, 1.82) is 0 Å². The molecule has 1 aliphatic rings. The molecule has 1 amide bonds. The van der Waals surface area contributed by atoms with Crippen LogP contribution in [-0.2, 0) is 11.3 Å². The van der Waals surface area contributed by atoms with Crippen molar-refractivity contribution in [2.24, 2.45) is 5.73 Å². The van der Waals surface area contributed by atoms with Crippen molar-refractivity contribution in [2.75, 3.05) is 13.1 Å². The van der Waals surface area contributed by atoms with E-state index in [0.29, 0.717) is 17.9 Å². The highest BCUT2D eigenvalue weighted by Gasteiger charge is 2.26. The van der Waals surface area contributed by atoms with E-state index in [1.165, 1.54) is 24.3 Å². The summed E-state index contributed by atoms with van der Waals surface area (Å²) in [6.07, 6.45) is 2.97. The molecule has 2 heterocycles. The van der Waals surface area contributed by atoms with E-state index >= 15 is 0 Å². The van der Waals surface area contributed by atoms with E-state index in [4.69, 9.17) is 10.2 Å². The van der Waals surface area contributed by atoms with Crippen LogP contribution in [0.4, 0.5) is 8.78 Å². The van der Waals surface area contributed by atoms with Crippen molar-refractivity contribution in [1.82, 2.24) is 4.90 Å². The molecule has 0 bridgehead atoms. The number of piperidine rings is 1. The first-order valence-electron chi connectivity index (χ1n) is 9.75. The number of amides is 1. The fourth-order valence-electron chi connectivity index (χ4n) is 3.68. The first-order chi connectivity index (χ1) is 14.3. The first kappa shape index (κ1) is 21.8. The molecule has 9 heteroatoms. The number of nitrogens with zero attached hydrogens (tertiary/aromatic N) is 1. The molecule has 162 valence electrons. The topological polar surface area (TPSA) is 106 Å². The van der Waals surface area contributed by atoms with Gasteiger partial charge in [-0.15, -0.1) is 0 Å². The van der Waals surface area contributed by atoms with E-state index in [-0.39, 0.29) is 17.9 Å². The normalized spacial score (nSPS) is 15.8. The summed E-state index contributed by atoms with van der Waals surface area (Å²) in [5.74, 6) is -2.17. The molecule has 1 aliphatic heterocycles. The van der Waals surface area contributed by atoms with Gasteiger partial charge in [0, 0.05) is 12.5 Å². The number of likely N-dealkylation sites (tertiary alicyclic amines) is 1. The van der Waals surface area contributed by atoms with Crippen molar-refractivity contribution < 1.29 is 27.8 Å². The lowest BCUT2D eigenvalue weighted by Gasteiger charge is -2.26. The van der Waals surface area contributed by atoms with Gasteiger partial charge in [0.1, 0.15) is 11.5 Å². The minimum Gasteiger partial charge on any atom is -0.502 e. The van der Waals surface area contributed by atoms with Gasteiger partial charge < -0.3 is 20.0 Å². The lowest BCUT2D eigenvalue weighted by molar-refractivity contribution is -0.118. The summed E-state index contributed by atoms with van der Waals surface area (Å²) in [6, 6.07) is 6.89. The highest BCUT2D eigenvalue weighted by Crippen LogP contribution is 2.34. The molecule has 1 aromatic carbocycles. The SMILES string of the molecule is NC(=O)C[C@H](c1cccc(OC(F)F)c1)c1oc(CN2CCCCC2)cc(=O)c1O. The Morgan fingerprint density at radius 3 is 2.63 bits per heavy atom. The van der Waals surface area contributed by atoms with Crippen LogP contribution < -0.4 is 15.9 Å². The van der Waals surface area contributed by atoms with Gasteiger partial charge >= 0.3 is 6.61 Å². The zero-order valence-electron chi connectivity index (χ0n) is 16.4. The van der Waals surface area contributed by atoms with Crippen molar-refractivity contribution in [3.8, 4) is 11.5 Å². The summed E-state index contributed by atoms with van der Waals surface area (Å²) in [7, 11) is 0. The molecule has 0 unspecified atom stereocenters. The maximum atomic E-state index is 12.6. The van der Waals surface area contributed by atoms with Gasteiger partial charge in [0.15, 0.2) is 5.76 Å². The Bertz CT molecular complexity index is 941. The van der Waals surface area contributed by atoms with Crippen LogP contribution in [0.5, 0.6) is 11.5 Å². The molecule has 2 aromatic rings. The van der Waals surface area contributed by atoms with Crippen LogP contribution in [0.1, 0.15) is 48.7 Å². The molecule has 1 atom stereocenters. The molecular formula is C21H24F2N2O5. The number of halogens is 2. The number of hydrogen-bond donors (Lipinski definition) is 2. The Balaban J connectivity index is 1.99. The molecule has 30 heavy (non-hydrogen) atoms. The van der Waals surface area contributed by atoms with Gasteiger partial charge in [0.05, 0.1) is 12.5 Å². The van der Waals surface area contributed by atoms with E-state index < -0.39 is 29.6 Å². The second-order valence-corrected chi connectivity index (χ2v) is 7.30. The molecule has 3 rings (SSSR count).